The van der Waals surface area contributed by atoms with Gasteiger partial charge in [0.05, 0.1) is 4.83 Å². The number of hydrogen-bond acceptors (Lipinski definition) is 2. The van der Waals surface area contributed by atoms with Crippen molar-refractivity contribution in [3.05, 3.63) is 30.1 Å². The summed E-state index contributed by atoms with van der Waals surface area (Å²) in [6, 6.07) is 5.80. The van der Waals surface area contributed by atoms with E-state index in [1.807, 2.05) is 18.2 Å². The minimum atomic E-state index is -0.0421. The number of pyridine rings is 1. The van der Waals surface area contributed by atoms with Crippen molar-refractivity contribution in [2.24, 2.45) is 0 Å². The number of carbonyl (C=O) groups is 1. The zero-order valence-electron chi connectivity index (χ0n) is 6.61. The Morgan fingerprint density at radius 2 is 2.42 bits per heavy atom. The molecule has 0 N–H and O–H groups in total. The predicted molar refractivity (Wildman–Crippen MR) is 51.3 cm³/mol. The molecule has 0 aliphatic carbocycles. The van der Waals surface area contributed by atoms with E-state index in [2.05, 4.69) is 20.9 Å². The van der Waals surface area contributed by atoms with E-state index in [9.17, 15) is 4.79 Å². The summed E-state index contributed by atoms with van der Waals surface area (Å²) in [4.78, 5) is 14.4. The first-order chi connectivity index (χ1) is 5.83. The molecule has 3 heteroatoms. The third kappa shape index (κ3) is 3.13. The summed E-state index contributed by atoms with van der Waals surface area (Å²) in [6.45, 7) is 0. The van der Waals surface area contributed by atoms with E-state index in [0.29, 0.717) is 0 Å². The van der Waals surface area contributed by atoms with E-state index in [1.165, 1.54) is 0 Å². The van der Waals surface area contributed by atoms with Crippen molar-refractivity contribution < 1.29 is 4.79 Å². The SMILES string of the molecule is O=C[C@@H](Br)CCc1ccccn1. The molecule has 0 spiro atoms. The molecule has 0 fully saturated rings. The van der Waals surface area contributed by atoms with Crippen molar-refractivity contribution >= 4 is 22.2 Å². The maximum absolute atomic E-state index is 10.3. The van der Waals surface area contributed by atoms with Gasteiger partial charge in [-0.1, -0.05) is 22.0 Å². The second kappa shape index (κ2) is 5.04. The largest absolute Gasteiger partial charge is 0.302 e. The molecule has 12 heavy (non-hydrogen) atoms. The highest BCUT2D eigenvalue weighted by molar-refractivity contribution is 9.09. The number of aromatic nitrogens is 1. The Hall–Kier alpha value is -0.700. The van der Waals surface area contributed by atoms with Crippen LogP contribution < -0.4 is 0 Å². The van der Waals surface area contributed by atoms with Gasteiger partial charge in [0.25, 0.3) is 0 Å². The van der Waals surface area contributed by atoms with Crippen molar-refractivity contribution in [1.82, 2.24) is 4.98 Å². The molecule has 1 aromatic rings. The topological polar surface area (TPSA) is 30.0 Å². The first kappa shape index (κ1) is 9.39. The molecule has 0 aliphatic rings. The lowest BCUT2D eigenvalue weighted by atomic mass is 10.2. The highest BCUT2D eigenvalue weighted by Gasteiger charge is 2.01. The van der Waals surface area contributed by atoms with Crippen LogP contribution >= 0.6 is 15.9 Å². The zero-order chi connectivity index (χ0) is 8.81. The first-order valence-electron chi connectivity index (χ1n) is 3.82. The quantitative estimate of drug-likeness (QED) is 0.582. The highest BCUT2D eigenvalue weighted by Crippen LogP contribution is 2.06. The standard InChI is InChI=1S/C9H10BrNO/c10-8(7-12)4-5-9-3-1-2-6-11-9/h1-3,6-8H,4-5H2/t8-/m0/s1. The fourth-order valence-corrected chi connectivity index (χ4v) is 1.13. The second-order valence-corrected chi connectivity index (χ2v) is 3.69. The Morgan fingerprint density at radius 1 is 1.58 bits per heavy atom. The average Bonchev–Trinajstić information content (AvgIpc) is 2.16. The number of alkyl halides is 1. The molecule has 0 saturated carbocycles. The van der Waals surface area contributed by atoms with E-state index in [0.717, 1.165) is 24.8 Å². The van der Waals surface area contributed by atoms with Crippen molar-refractivity contribution in [1.29, 1.82) is 0 Å². The molecule has 0 aromatic carbocycles. The van der Waals surface area contributed by atoms with Crippen molar-refractivity contribution in [3.8, 4) is 0 Å². The van der Waals surface area contributed by atoms with Crippen molar-refractivity contribution in [3.63, 3.8) is 0 Å². The number of rotatable bonds is 4. The number of nitrogens with zero attached hydrogens (tertiary/aromatic N) is 1. The van der Waals surface area contributed by atoms with Gasteiger partial charge in [-0.3, -0.25) is 4.98 Å². The molecule has 0 saturated heterocycles. The van der Waals surface area contributed by atoms with Crippen molar-refractivity contribution in [2.45, 2.75) is 17.7 Å². The van der Waals surface area contributed by atoms with Gasteiger partial charge < -0.3 is 4.79 Å². The smallest absolute Gasteiger partial charge is 0.133 e. The fraction of sp³-hybridized carbons (Fsp3) is 0.333. The summed E-state index contributed by atoms with van der Waals surface area (Å²) in [6.07, 6.45) is 4.32. The minimum absolute atomic E-state index is 0.0421. The van der Waals surface area contributed by atoms with E-state index in [4.69, 9.17) is 0 Å². The summed E-state index contributed by atoms with van der Waals surface area (Å²) >= 11 is 3.24. The van der Waals surface area contributed by atoms with Crippen LogP contribution in [0.3, 0.4) is 0 Å². The van der Waals surface area contributed by atoms with Crippen LogP contribution in [0.5, 0.6) is 0 Å². The fourth-order valence-electron chi connectivity index (χ4n) is 0.900. The highest BCUT2D eigenvalue weighted by atomic mass is 79.9. The number of aryl methyl sites for hydroxylation is 1. The normalized spacial score (nSPS) is 12.4. The van der Waals surface area contributed by atoms with Crippen LogP contribution in [0.15, 0.2) is 24.4 Å². The van der Waals surface area contributed by atoms with E-state index in [-0.39, 0.29) is 4.83 Å². The third-order valence-corrected chi connectivity index (χ3v) is 2.22. The monoisotopic (exact) mass is 227 g/mol. The molecule has 0 aliphatic heterocycles. The van der Waals surface area contributed by atoms with Gasteiger partial charge >= 0.3 is 0 Å². The maximum atomic E-state index is 10.3. The zero-order valence-corrected chi connectivity index (χ0v) is 8.20. The number of halogens is 1. The van der Waals surface area contributed by atoms with Gasteiger partial charge in [-0.15, -0.1) is 0 Å². The Morgan fingerprint density at radius 3 is 3.00 bits per heavy atom. The van der Waals surface area contributed by atoms with E-state index >= 15 is 0 Å². The lowest BCUT2D eigenvalue weighted by Crippen LogP contribution is -2.01. The molecule has 0 unspecified atom stereocenters. The number of aldehydes is 1. The van der Waals surface area contributed by atoms with Crippen LogP contribution in [0.2, 0.25) is 0 Å². The average molecular weight is 228 g/mol. The summed E-state index contributed by atoms with van der Waals surface area (Å²) in [5.41, 5.74) is 1.03. The lowest BCUT2D eigenvalue weighted by Gasteiger charge is -2.00. The molecule has 0 radical (unpaired) electrons. The Bertz CT molecular complexity index is 238. The van der Waals surface area contributed by atoms with Crippen LogP contribution in [0.1, 0.15) is 12.1 Å². The summed E-state index contributed by atoms with van der Waals surface area (Å²) in [5.74, 6) is 0. The Kier molecular flexibility index (Phi) is 3.94. The van der Waals surface area contributed by atoms with Gasteiger partial charge in [-0.25, -0.2) is 0 Å². The molecule has 1 atom stereocenters. The lowest BCUT2D eigenvalue weighted by molar-refractivity contribution is -0.107. The van der Waals surface area contributed by atoms with Gasteiger partial charge in [-0.2, -0.15) is 0 Å². The molecule has 1 rings (SSSR count). The van der Waals surface area contributed by atoms with Crippen LogP contribution in [0, 0.1) is 0 Å². The summed E-state index contributed by atoms with van der Waals surface area (Å²) in [7, 11) is 0. The van der Waals surface area contributed by atoms with Gasteiger partial charge in [0, 0.05) is 11.9 Å². The second-order valence-electron chi connectivity index (χ2n) is 2.51. The molecule has 2 nitrogen and oxygen atoms in total. The molecule has 0 amide bonds. The van der Waals surface area contributed by atoms with Crippen LogP contribution in [-0.4, -0.2) is 16.1 Å². The molecule has 64 valence electrons. The van der Waals surface area contributed by atoms with Gasteiger partial charge in [0.15, 0.2) is 0 Å². The Labute approximate surface area is 80.1 Å². The maximum Gasteiger partial charge on any atom is 0.133 e. The van der Waals surface area contributed by atoms with Gasteiger partial charge in [-0.05, 0) is 25.0 Å². The Balaban J connectivity index is 2.38. The summed E-state index contributed by atoms with van der Waals surface area (Å²) < 4.78 is 0. The van der Waals surface area contributed by atoms with Crippen LogP contribution in [0.4, 0.5) is 0 Å². The first-order valence-corrected chi connectivity index (χ1v) is 4.74. The minimum Gasteiger partial charge on any atom is -0.302 e. The van der Waals surface area contributed by atoms with Gasteiger partial charge in [0.1, 0.15) is 6.29 Å². The summed E-state index contributed by atoms with van der Waals surface area (Å²) in [5, 5.41) is 0. The van der Waals surface area contributed by atoms with Gasteiger partial charge in [0.2, 0.25) is 0 Å². The molecule has 0 bridgehead atoms. The van der Waals surface area contributed by atoms with E-state index < -0.39 is 0 Å². The molecular weight excluding hydrogens is 218 g/mol. The van der Waals surface area contributed by atoms with Crippen molar-refractivity contribution in [2.75, 3.05) is 0 Å². The molecule has 1 heterocycles. The molecule has 1 aromatic heterocycles. The third-order valence-electron chi connectivity index (χ3n) is 1.55. The van der Waals surface area contributed by atoms with Crippen LogP contribution in [-0.2, 0) is 11.2 Å². The van der Waals surface area contributed by atoms with Crippen LogP contribution in [0.25, 0.3) is 0 Å². The number of carbonyl (C=O) groups excluding carboxylic acids is 1. The molecular formula is C9H10BrNO. The predicted octanol–water partition coefficient (Wildman–Crippen LogP) is 1.98. The van der Waals surface area contributed by atoms with E-state index in [1.54, 1.807) is 6.20 Å². The number of hydrogen-bond donors (Lipinski definition) is 0.